The second kappa shape index (κ2) is 48.6. The summed E-state index contributed by atoms with van der Waals surface area (Å²) in [6.07, 6.45) is 1.55. The van der Waals surface area contributed by atoms with E-state index in [1.54, 1.807) is 28.1 Å². The number of ether oxygens (including phenoxy) is 5. The standard InChI is InChI=1S/C23H43N5O4Si2.C22H40IN5O4Si2.C22H41N5O5Si2.C10H12IN5O3.C10H13N5O4/c1-13(2)33(14(3)4)32-34(15(5)6,16(7)8)30-10-18-20(29)17(9)23(31-18)28-12-27-19-21(24)25-11-26-22(19)28;1-12(2)33(13(3)4)32-34(14(5)6,15(7)8)30-9-16-19(29)17(23)22(31-16)28-11-27-18-20(24)25-10-26-21(18)28;1-12(2)33(13(3)4)32-34(14(5)6,15(7)8)30-9-16-18(28)19(29)22(31-16)27-11-26-17-20(23)24-10-25-21(17)27;11-5-7(18)4(1-17)19-10(5)16-3-15-6-8(12)13-2-14-9(6)16;11-8-5-9(13-2-12-8)15(3-14-5)10-7(18)6(17)4(1-16)19-10/h11-18,20,23,29,33H,10H2,1-9H3,(H2,24,25,26);10-17,19,22,29,33H,9H2,1-8H3,(H2,24,25,26);10-16,18-19,22,28-29,33H,9H2,1-8H3,(H2,23,24,25);2-5,7,10,17-18H,1H2,(H2,12,13,14);2-4,6-7,10,16-18H,1H2,(H2,11,12,13)/t17-,18-,20?,23-;16-,17+,19?,22-;16-,18?,19-,22-;4-,5+,7?,10-;4-,6?,7-,10-/m11111/s1. The number of aliphatic hydroxyl groups excluding tert-OH is 9. The number of hydrogen-bond donors (Lipinski definition) is 14. The maximum absolute atomic E-state index is 11.1. The van der Waals surface area contributed by atoms with E-state index in [1.165, 1.54) is 48.9 Å². The number of alkyl halides is 2. The summed E-state index contributed by atoms with van der Waals surface area (Å²) < 4.78 is 79.0. The molecule has 15 rings (SSSR count). The van der Waals surface area contributed by atoms with E-state index in [0.717, 1.165) is 0 Å². The van der Waals surface area contributed by atoms with Crippen molar-refractivity contribution in [2.75, 3.05) is 61.7 Å². The molecule has 5 aliphatic heterocycles. The van der Waals surface area contributed by atoms with Gasteiger partial charge in [-0.1, -0.05) is 218 Å². The fraction of sp³-hybridized carbons (Fsp3) is 0.713. The summed E-state index contributed by atoms with van der Waals surface area (Å²) in [4.78, 5) is 61.9. The van der Waals surface area contributed by atoms with E-state index >= 15 is 0 Å². The van der Waals surface area contributed by atoms with Gasteiger partial charge in [-0.25, -0.2) is 74.8 Å². The third kappa shape index (κ3) is 24.1. The second-order valence-electron chi connectivity index (χ2n) is 40.5. The van der Waals surface area contributed by atoms with Gasteiger partial charge in [-0.2, -0.15) is 0 Å². The highest BCUT2D eigenvalue weighted by molar-refractivity contribution is 14.1. The van der Waals surface area contributed by atoms with Crippen molar-refractivity contribution >= 4 is 183 Å². The van der Waals surface area contributed by atoms with Gasteiger partial charge in [0.2, 0.25) is 0 Å². The van der Waals surface area contributed by atoms with Crippen LogP contribution in [0.25, 0.3) is 55.8 Å². The van der Waals surface area contributed by atoms with Gasteiger partial charge in [0.15, 0.2) is 109 Å². The van der Waals surface area contributed by atoms with Gasteiger partial charge in [0.05, 0.1) is 90.8 Å². The number of halogens is 2. The topological polar surface area (TPSA) is 632 Å². The minimum absolute atomic E-state index is 0.137. The van der Waals surface area contributed by atoms with Crippen LogP contribution in [0.1, 0.15) is 204 Å². The van der Waals surface area contributed by atoms with Crippen LogP contribution in [0.5, 0.6) is 0 Å². The summed E-state index contributed by atoms with van der Waals surface area (Å²) in [6, 6.07) is 0. The Labute approximate surface area is 852 Å². The minimum Gasteiger partial charge on any atom is -0.437 e. The van der Waals surface area contributed by atoms with E-state index in [0.29, 0.717) is 120 Å². The molecule has 0 radical (unpaired) electrons. The maximum atomic E-state index is 11.1. The first kappa shape index (κ1) is 114. The van der Waals surface area contributed by atoms with Gasteiger partial charge in [-0.05, 0) is 66.5 Å². The summed E-state index contributed by atoms with van der Waals surface area (Å²) in [5, 5.41) is 91.6. The number of aliphatic hydroxyl groups is 9. The number of fused-ring (bicyclic) bond motifs is 5. The Morgan fingerprint density at radius 3 is 0.757 bits per heavy atom. The van der Waals surface area contributed by atoms with Crippen LogP contribution in [0.15, 0.2) is 63.3 Å². The number of nitrogens with zero attached hydrogens (tertiary/aromatic N) is 20. The first-order chi connectivity index (χ1) is 66.0. The van der Waals surface area contributed by atoms with E-state index < -0.39 is 164 Å². The molecule has 140 heavy (non-hydrogen) atoms. The fourth-order valence-corrected chi connectivity index (χ4v) is 52.1. The van der Waals surface area contributed by atoms with Crippen LogP contribution in [0.2, 0.25) is 66.5 Å². The molecule has 0 aliphatic carbocycles. The van der Waals surface area contributed by atoms with E-state index in [-0.39, 0.29) is 71.9 Å². The van der Waals surface area contributed by atoms with E-state index in [4.69, 9.17) is 88.2 Å². The predicted molar refractivity (Wildman–Crippen MR) is 560 cm³/mol. The second-order valence-corrected chi connectivity index (χ2v) is 69.1. The third-order valence-electron chi connectivity index (χ3n) is 26.8. The van der Waals surface area contributed by atoms with Crippen molar-refractivity contribution in [3.05, 3.63) is 63.3 Å². The number of rotatable bonds is 34. The molecule has 780 valence electrons. The Bertz CT molecular complexity index is 5110. The molecule has 5 unspecified atom stereocenters. The van der Waals surface area contributed by atoms with Crippen molar-refractivity contribution in [3.63, 3.8) is 0 Å². The van der Waals surface area contributed by atoms with Gasteiger partial charge in [-0.15, -0.1) is 0 Å². The monoisotopic (exact) mass is 2290 g/mol. The SMILES string of the molecule is CC(C)[SiH](O[Si](OC[C@H]1O[C@@H](n2cnc3c(N)ncnc32)[C@@H](I)C1O)(C(C)C)C(C)C)C(C)C.CC(C)[SiH](O[Si](OC[C@H]1O[C@@H](n2cnc3c(N)ncnc32)[C@H](C)C1O)(C(C)C)C(C)C)C(C)C.CC(C)[SiH](O[Si](OC[C@H]1O[C@@H](n2cnc3c(N)ncnc32)[C@H](O)C1O)(C(C)C)C(C)C)C(C)C.Nc1ncnc2c1ncn2[C@@H]1O[C@H](CO)C(O)[C@@H]1I.Nc1ncnc2c1ncn2[C@@H]1O[C@H](CO)C(O)[C@H]1O. The summed E-state index contributed by atoms with van der Waals surface area (Å²) in [5.41, 5.74) is 38.7. The average Bonchev–Trinajstić information content (AvgIpc) is 1.64. The predicted octanol–water partition coefficient (Wildman–Crippen LogP) is 8.80. The highest BCUT2D eigenvalue weighted by Gasteiger charge is 2.56. The van der Waals surface area contributed by atoms with Crippen molar-refractivity contribution in [2.24, 2.45) is 5.92 Å². The number of imidazole rings is 5. The maximum Gasteiger partial charge on any atom is 0.333 e. The normalized spacial score (nSPS) is 26.0. The highest BCUT2D eigenvalue weighted by atomic mass is 127. The van der Waals surface area contributed by atoms with Crippen LogP contribution >= 0.6 is 45.2 Å². The van der Waals surface area contributed by atoms with Crippen molar-refractivity contribution in [1.82, 2.24) is 97.6 Å². The van der Waals surface area contributed by atoms with Crippen LogP contribution in [-0.4, -0.2) is 310 Å². The van der Waals surface area contributed by atoms with Crippen LogP contribution in [0, 0.1) is 5.92 Å². The van der Waals surface area contributed by atoms with Crippen LogP contribution in [-0.2, 0) is 49.3 Å². The molecular formula is C87H149I2N25O20Si6. The smallest absolute Gasteiger partial charge is 0.333 e. The van der Waals surface area contributed by atoms with Gasteiger partial charge in [0.25, 0.3) is 0 Å². The summed E-state index contributed by atoms with van der Waals surface area (Å²) in [6.45, 7) is 55.4. The molecule has 5 saturated heterocycles. The lowest BCUT2D eigenvalue weighted by molar-refractivity contribution is -0.0515. The third-order valence-corrected chi connectivity index (χ3v) is 56.5. The molecule has 45 nitrogen and oxygen atoms in total. The van der Waals surface area contributed by atoms with Crippen LogP contribution < -0.4 is 28.7 Å². The van der Waals surface area contributed by atoms with E-state index in [2.05, 4.69) is 286 Å². The quantitative estimate of drug-likeness (QED) is 0.0102. The molecule has 5 fully saturated rings. The Balaban J connectivity index is 0.000000171. The molecule has 5 aliphatic rings. The van der Waals surface area contributed by atoms with E-state index in [1.807, 2.05) is 16.1 Å². The largest absolute Gasteiger partial charge is 0.437 e. The molecule has 0 saturated carbocycles. The number of nitrogens with two attached hydrogens (primary N) is 5. The highest BCUT2D eigenvalue weighted by Crippen LogP contribution is 2.47. The molecule has 19 N–H and O–H groups in total. The molecule has 10 aromatic heterocycles. The molecule has 10 aromatic rings. The first-order valence-corrected chi connectivity index (χ1v) is 61.9. The van der Waals surface area contributed by atoms with Crippen LogP contribution in [0.4, 0.5) is 29.1 Å². The molecule has 53 heteroatoms. The lowest BCUT2D eigenvalue weighted by Crippen LogP contribution is -2.54. The van der Waals surface area contributed by atoms with Crippen molar-refractivity contribution in [2.45, 2.75) is 352 Å². The molecular weight excluding hydrogens is 2140 g/mol. The summed E-state index contributed by atoms with van der Waals surface area (Å²) in [7, 11) is -12.4. The number of nitrogen functional groups attached to an aromatic ring is 5. The molecule has 15 heterocycles. The Morgan fingerprint density at radius 1 is 0.300 bits per heavy atom. The molecule has 0 aromatic carbocycles. The fourth-order valence-electron chi connectivity index (χ4n) is 19.3. The van der Waals surface area contributed by atoms with Gasteiger partial charge < -0.3 is 124 Å². The number of hydrogen-bond acceptors (Lipinski definition) is 40. The Morgan fingerprint density at radius 2 is 0.507 bits per heavy atom. The summed E-state index contributed by atoms with van der Waals surface area (Å²) in [5.74, 6) is 1.23. The Kier molecular flexibility index (Phi) is 39.6. The minimum atomic E-state index is -2.66. The molecule has 0 spiro atoms. The zero-order valence-corrected chi connectivity index (χ0v) is 95.4. The average molecular weight is 2290 g/mol. The first-order valence-electron chi connectivity index (χ1n) is 48.1. The molecule has 0 bridgehead atoms. The summed E-state index contributed by atoms with van der Waals surface area (Å²) >= 11 is 4.33. The molecule has 0 amide bonds. The zero-order valence-electron chi connectivity index (χ0n) is 84.6. The van der Waals surface area contributed by atoms with Crippen molar-refractivity contribution in [3.8, 4) is 0 Å². The van der Waals surface area contributed by atoms with Crippen LogP contribution in [0.3, 0.4) is 0 Å². The number of anilines is 5. The lowest BCUT2D eigenvalue weighted by Gasteiger charge is -2.43. The zero-order chi connectivity index (χ0) is 103. The van der Waals surface area contributed by atoms with Gasteiger partial charge in [0, 0.05) is 5.92 Å². The number of aromatic nitrogens is 20. The lowest BCUT2D eigenvalue weighted by atomic mass is 10.0. The molecule has 20 atom stereocenters. The van der Waals surface area contributed by atoms with Gasteiger partial charge in [0.1, 0.15) is 120 Å². The Hall–Kier alpha value is -6.29. The van der Waals surface area contributed by atoms with E-state index in [9.17, 15) is 35.7 Å². The van der Waals surface area contributed by atoms with Crippen molar-refractivity contribution < 1.29 is 95.3 Å². The van der Waals surface area contributed by atoms with Crippen molar-refractivity contribution in [1.29, 1.82) is 0 Å². The van der Waals surface area contributed by atoms with Gasteiger partial charge >= 0.3 is 25.7 Å². The van der Waals surface area contributed by atoms with Gasteiger partial charge in [-0.3, -0.25) is 22.8 Å².